The molecule has 0 aliphatic heterocycles. The lowest BCUT2D eigenvalue weighted by atomic mass is 10.1. The first kappa shape index (κ1) is 16.3. The SMILES string of the molecule is Cc1ccccc1C(=O)NC[C@@H](c1cc2ccccc2o1)N(C)C. The van der Waals surface area contributed by atoms with Gasteiger partial charge < -0.3 is 9.73 Å². The highest BCUT2D eigenvalue weighted by atomic mass is 16.3. The van der Waals surface area contributed by atoms with Crippen LogP contribution in [0.3, 0.4) is 0 Å². The molecular formula is C20H22N2O2. The zero-order valence-electron chi connectivity index (χ0n) is 14.2. The summed E-state index contributed by atoms with van der Waals surface area (Å²) in [6, 6.07) is 17.6. The molecule has 0 saturated heterocycles. The number of benzene rings is 2. The standard InChI is InChI=1S/C20H22N2O2/c1-14-8-4-6-10-16(14)20(23)21-13-17(22(2)3)19-12-15-9-5-7-11-18(15)24-19/h4-12,17H,13H2,1-3H3,(H,21,23)/t17-/m0/s1. The molecule has 0 spiro atoms. The van der Waals surface area contributed by atoms with Crippen LogP contribution in [0.4, 0.5) is 0 Å². The highest BCUT2D eigenvalue weighted by Gasteiger charge is 2.20. The molecular weight excluding hydrogens is 300 g/mol. The van der Waals surface area contributed by atoms with Gasteiger partial charge in [0.1, 0.15) is 11.3 Å². The summed E-state index contributed by atoms with van der Waals surface area (Å²) >= 11 is 0. The van der Waals surface area contributed by atoms with E-state index in [-0.39, 0.29) is 11.9 Å². The van der Waals surface area contributed by atoms with Crippen molar-refractivity contribution in [2.45, 2.75) is 13.0 Å². The third-order valence-electron chi connectivity index (χ3n) is 4.24. The van der Waals surface area contributed by atoms with Crippen LogP contribution < -0.4 is 5.32 Å². The summed E-state index contributed by atoms with van der Waals surface area (Å²) in [5.41, 5.74) is 2.55. The minimum absolute atomic E-state index is 0.0228. The van der Waals surface area contributed by atoms with Crippen LogP contribution in [-0.2, 0) is 0 Å². The number of amides is 1. The van der Waals surface area contributed by atoms with Crippen molar-refractivity contribution < 1.29 is 9.21 Å². The summed E-state index contributed by atoms with van der Waals surface area (Å²) in [5.74, 6) is 0.794. The van der Waals surface area contributed by atoms with Crippen molar-refractivity contribution in [3.63, 3.8) is 0 Å². The Morgan fingerprint density at radius 3 is 2.54 bits per heavy atom. The molecule has 0 aliphatic rings. The molecule has 4 heteroatoms. The van der Waals surface area contributed by atoms with Gasteiger partial charge in [-0.05, 0) is 44.8 Å². The maximum atomic E-state index is 12.4. The second kappa shape index (κ2) is 6.89. The Kier molecular flexibility index (Phi) is 4.67. The summed E-state index contributed by atoms with van der Waals surface area (Å²) in [6.07, 6.45) is 0. The Bertz CT molecular complexity index is 818. The lowest BCUT2D eigenvalue weighted by Crippen LogP contribution is -2.34. The highest BCUT2D eigenvalue weighted by Crippen LogP contribution is 2.26. The molecule has 3 aromatic rings. The zero-order valence-corrected chi connectivity index (χ0v) is 14.2. The minimum atomic E-state index is -0.0592. The van der Waals surface area contributed by atoms with E-state index in [1.165, 1.54) is 0 Å². The molecule has 0 saturated carbocycles. The average Bonchev–Trinajstić information content (AvgIpc) is 2.98. The molecule has 1 atom stereocenters. The lowest BCUT2D eigenvalue weighted by molar-refractivity contribution is 0.0938. The van der Waals surface area contributed by atoms with Crippen molar-refractivity contribution in [3.8, 4) is 0 Å². The van der Waals surface area contributed by atoms with Gasteiger partial charge in [-0.15, -0.1) is 0 Å². The molecule has 1 N–H and O–H groups in total. The molecule has 0 unspecified atom stereocenters. The summed E-state index contributed by atoms with van der Waals surface area (Å²) in [6.45, 7) is 2.43. The number of nitrogens with zero attached hydrogens (tertiary/aromatic N) is 1. The first-order valence-corrected chi connectivity index (χ1v) is 8.05. The largest absolute Gasteiger partial charge is 0.459 e. The number of carbonyl (C=O) groups excluding carboxylic acids is 1. The normalized spacial score (nSPS) is 12.5. The van der Waals surface area contributed by atoms with E-state index in [2.05, 4.69) is 10.2 Å². The fourth-order valence-corrected chi connectivity index (χ4v) is 2.82. The van der Waals surface area contributed by atoms with Crippen LogP contribution in [0.25, 0.3) is 11.0 Å². The van der Waals surface area contributed by atoms with Gasteiger partial charge in [-0.2, -0.15) is 0 Å². The molecule has 0 bridgehead atoms. The maximum absolute atomic E-state index is 12.4. The van der Waals surface area contributed by atoms with Gasteiger partial charge in [-0.1, -0.05) is 36.4 Å². The van der Waals surface area contributed by atoms with Crippen molar-refractivity contribution in [1.82, 2.24) is 10.2 Å². The van der Waals surface area contributed by atoms with Gasteiger partial charge in [0.15, 0.2) is 0 Å². The van der Waals surface area contributed by atoms with Gasteiger partial charge in [0.2, 0.25) is 0 Å². The van der Waals surface area contributed by atoms with E-state index in [0.717, 1.165) is 22.3 Å². The van der Waals surface area contributed by atoms with Crippen molar-refractivity contribution >= 4 is 16.9 Å². The third kappa shape index (κ3) is 3.34. The second-order valence-electron chi connectivity index (χ2n) is 6.19. The van der Waals surface area contributed by atoms with Crippen LogP contribution >= 0.6 is 0 Å². The van der Waals surface area contributed by atoms with E-state index >= 15 is 0 Å². The van der Waals surface area contributed by atoms with E-state index < -0.39 is 0 Å². The molecule has 3 rings (SSSR count). The molecule has 4 nitrogen and oxygen atoms in total. The molecule has 0 fully saturated rings. The Balaban J connectivity index is 1.77. The molecule has 2 aromatic carbocycles. The van der Waals surface area contributed by atoms with Gasteiger partial charge in [0, 0.05) is 17.5 Å². The summed E-state index contributed by atoms with van der Waals surface area (Å²) in [5, 5.41) is 4.10. The van der Waals surface area contributed by atoms with Gasteiger partial charge in [-0.3, -0.25) is 9.69 Å². The molecule has 0 radical (unpaired) electrons. The van der Waals surface area contributed by atoms with Gasteiger partial charge >= 0.3 is 0 Å². The predicted octanol–water partition coefficient (Wildman–Crippen LogP) is 3.77. The monoisotopic (exact) mass is 322 g/mol. The molecule has 0 aliphatic carbocycles. The first-order chi connectivity index (χ1) is 11.6. The number of hydrogen-bond acceptors (Lipinski definition) is 3. The molecule has 1 aromatic heterocycles. The third-order valence-corrected chi connectivity index (χ3v) is 4.24. The van der Waals surface area contributed by atoms with Crippen molar-refractivity contribution in [2.24, 2.45) is 0 Å². The van der Waals surface area contributed by atoms with Crippen molar-refractivity contribution in [3.05, 3.63) is 71.5 Å². The Morgan fingerprint density at radius 2 is 1.83 bits per heavy atom. The first-order valence-electron chi connectivity index (χ1n) is 8.05. The number of para-hydroxylation sites is 1. The number of carbonyl (C=O) groups is 1. The number of furan rings is 1. The minimum Gasteiger partial charge on any atom is -0.459 e. The fourth-order valence-electron chi connectivity index (χ4n) is 2.82. The number of rotatable bonds is 5. The number of fused-ring (bicyclic) bond motifs is 1. The van der Waals surface area contributed by atoms with E-state index in [4.69, 9.17) is 4.42 Å². The Hall–Kier alpha value is -2.59. The van der Waals surface area contributed by atoms with Crippen LogP contribution in [0.15, 0.2) is 59.0 Å². The number of likely N-dealkylation sites (N-methyl/N-ethyl adjacent to an activating group) is 1. The number of aryl methyl sites for hydroxylation is 1. The molecule has 124 valence electrons. The van der Waals surface area contributed by atoms with Crippen LogP contribution in [0.5, 0.6) is 0 Å². The topological polar surface area (TPSA) is 45.5 Å². The quantitative estimate of drug-likeness (QED) is 0.777. The van der Waals surface area contributed by atoms with E-state index in [9.17, 15) is 4.79 Å². The average molecular weight is 322 g/mol. The summed E-state index contributed by atoms with van der Waals surface area (Å²) in [4.78, 5) is 14.5. The lowest BCUT2D eigenvalue weighted by Gasteiger charge is -2.22. The summed E-state index contributed by atoms with van der Waals surface area (Å²) < 4.78 is 5.96. The van der Waals surface area contributed by atoms with Crippen LogP contribution in [0.2, 0.25) is 0 Å². The van der Waals surface area contributed by atoms with Crippen LogP contribution in [0.1, 0.15) is 27.7 Å². The van der Waals surface area contributed by atoms with Crippen LogP contribution in [-0.4, -0.2) is 31.4 Å². The van der Waals surface area contributed by atoms with Crippen molar-refractivity contribution in [2.75, 3.05) is 20.6 Å². The van der Waals surface area contributed by atoms with E-state index in [0.29, 0.717) is 12.1 Å². The molecule has 24 heavy (non-hydrogen) atoms. The van der Waals surface area contributed by atoms with Crippen LogP contribution in [0, 0.1) is 6.92 Å². The Labute approximate surface area is 142 Å². The summed E-state index contributed by atoms with van der Waals surface area (Å²) in [7, 11) is 3.97. The second-order valence-corrected chi connectivity index (χ2v) is 6.19. The van der Waals surface area contributed by atoms with Gasteiger partial charge in [-0.25, -0.2) is 0 Å². The predicted molar refractivity (Wildman–Crippen MR) is 96.2 cm³/mol. The molecule has 1 heterocycles. The van der Waals surface area contributed by atoms with E-state index in [1.54, 1.807) is 0 Å². The van der Waals surface area contributed by atoms with Crippen molar-refractivity contribution in [1.29, 1.82) is 0 Å². The molecule has 1 amide bonds. The smallest absolute Gasteiger partial charge is 0.251 e. The van der Waals surface area contributed by atoms with E-state index in [1.807, 2.05) is 75.6 Å². The number of nitrogens with one attached hydrogen (secondary N) is 1. The maximum Gasteiger partial charge on any atom is 0.251 e. The fraction of sp³-hybridized carbons (Fsp3) is 0.250. The highest BCUT2D eigenvalue weighted by molar-refractivity contribution is 5.95. The van der Waals surface area contributed by atoms with Gasteiger partial charge in [0.25, 0.3) is 5.91 Å². The number of hydrogen-bond donors (Lipinski definition) is 1. The zero-order chi connectivity index (χ0) is 17.1. The Morgan fingerprint density at radius 1 is 1.12 bits per heavy atom. The van der Waals surface area contributed by atoms with Gasteiger partial charge in [0.05, 0.1) is 6.04 Å².